The number of hydrogen-bond donors (Lipinski definition) is 1. The standard InChI is InChI=1S/C25H29N5O4/c1-17-21(28-23(33-17)18-8-6-5-7-9-18)22(31)27-20-11-10-19(16-26-20)29-12-14-30(15-13-29)24(32)34-25(2,3)4/h5-11,16H,12-15H2,1-4H3,(H,26,27,31). The van der Waals surface area contributed by atoms with Crippen LogP contribution in [0.4, 0.5) is 16.3 Å². The number of carbonyl (C=O) groups is 2. The van der Waals surface area contributed by atoms with Gasteiger partial charge in [0, 0.05) is 31.7 Å². The molecule has 1 fully saturated rings. The SMILES string of the molecule is Cc1oc(-c2ccccc2)nc1C(=O)Nc1ccc(N2CCN(C(=O)OC(C)(C)C)CC2)cn1. The van der Waals surface area contributed by atoms with Gasteiger partial charge in [-0.2, -0.15) is 0 Å². The monoisotopic (exact) mass is 463 g/mol. The van der Waals surface area contributed by atoms with E-state index in [-0.39, 0.29) is 17.7 Å². The Hall–Kier alpha value is -3.88. The topological polar surface area (TPSA) is 101 Å². The van der Waals surface area contributed by atoms with Gasteiger partial charge in [-0.15, -0.1) is 0 Å². The molecule has 178 valence electrons. The van der Waals surface area contributed by atoms with E-state index in [4.69, 9.17) is 9.15 Å². The number of aromatic nitrogens is 2. The van der Waals surface area contributed by atoms with Gasteiger partial charge in [0.25, 0.3) is 5.91 Å². The van der Waals surface area contributed by atoms with Crippen molar-refractivity contribution in [2.45, 2.75) is 33.3 Å². The number of oxazole rings is 1. The van der Waals surface area contributed by atoms with Crippen LogP contribution < -0.4 is 10.2 Å². The molecule has 3 heterocycles. The van der Waals surface area contributed by atoms with Crippen molar-refractivity contribution < 1.29 is 18.7 Å². The van der Waals surface area contributed by atoms with Gasteiger partial charge in [0.2, 0.25) is 5.89 Å². The number of hydrogen-bond acceptors (Lipinski definition) is 7. The Morgan fingerprint density at radius 2 is 1.74 bits per heavy atom. The summed E-state index contributed by atoms with van der Waals surface area (Å²) in [5.41, 5.74) is 1.44. The lowest BCUT2D eigenvalue weighted by molar-refractivity contribution is 0.0240. The van der Waals surface area contributed by atoms with Gasteiger partial charge < -0.3 is 24.3 Å². The normalized spacial score (nSPS) is 14.1. The lowest BCUT2D eigenvalue weighted by Gasteiger charge is -2.36. The zero-order valence-corrected chi connectivity index (χ0v) is 19.9. The van der Waals surface area contributed by atoms with E-state index in [9.17, 15) is 9.59 Å². The molecular formula is C25H29N5O4. The van der Waals surface area contributed by atoms with Crippen molar-refractivity contribution in [3.05, 3.63) is 60.1 Å². The molecule has 1 aliphatic rings. The first-order chi connectivity index (χ1) is 16.2. The third-order valence-electron chi connectivity index (χ3n) is 5.32. The third-order valence-corrected chi connectivity index (χ3v) is 5.32. The molecule has 9 heteroatoms. The molecule has 0 atom stereocenters. The Bertz CT molecular complexity index is 1140. The molecule has 4 rings (SSSR count). The Morgan fingerprint density at radius 1 is 1.03 bits per heavy atom. The van der Waals surface area contributed by atoms with Crippen molar-refractivity contribution in [3.63, 3.8) is 0 Å². The molecule has 0 radical (unpaired) electrons. The molecule has 1 N–H and O–H groups in total. The van der Waals surface area contributed by atoms with Crippen LogP contribution in [0.2, 0.25) is 0 Å². The third kappa shape index (κ3) is 5.54. The maximum absolute atomic E-state index is 12.7. The second-order valence-electron chi connectivity index (χ2n) is 9.10. The first-order valence-electron chi connectivity index (χ1n) is 11.2. The van der Waals surface area contributed by atoms with Gasteiger partial charge in [0.05, 0.1) is 11.9 Å². The predicted octanol–water partition coefficient (Wildman–Crippen LogP) is 4.35. The molecule has 9 nitrogen and oxygen atoms in total. The van der Waals surface area contributed by atoms with Crippen molar-refractivity contribution in [2.24, 2.45) is 0 Å². The summed E-state index contributed by atoms with van der Waals surface area (Å²) in [4.78, 5) is 37.6. The minimum atomic E-state index is -0.508. The first kappa shape index (κ1) is 23.3. The Kier molecular flexibility index (Phi) is 6.54. The fourth-order valence-electron chi connectivity index (χ4n) is 3.61. The van der Waals surface area contributed by atoms with E-state index in [1.54, 1.807) is 24.1 Å². The minimum absolute atomic E-state index is 0.225. The maximum atomic E-state index is 12.7. The number of anilines is 2. The Labute approximate surface area is 198 Å². The number of ether oxygens (including phenoxy) is 1. The van der Waals surface area contributed by atoms with Crippen LogP contribution >= 0.6 is 0 Å². The quantitative estimate of drug-likeness (QED) is 0.614. The first-order valence-corrected chi connectivity index (χ1v) is 11.2. The predicted molar refractivity (Wildman–Crippen MR) is 129 cm³/mol. The zero-order chi connectivity index (χ0) is 24.3. The number of aryl methyl sites for hydroxylation is 1. The highest BCUT2D eigenvalue weighted by molar-refractivity contribution is 6.03. The van der Waals surface area contributed by atoms with Crippen LogP contribution in [0.25, 0.3) is 11.5 Å². The van der Waals surface area contributed by atoms with Crippen molar-refractivity contribution in [1.29, 1.82) is 0 Å². The van der Waals surface area contributed by atoms with E-state index in [2.05, 4.69) is 20.2 Å². The molecule has 1 aliphatic heterocycles. The zero-order valence-electron chi connectivity index (χ0n) is 19.9. The molecule has 3 aromatic rings. The largest absolute Gasteiger partial charge is 0.444 e. The highest BCUT2D eigenvalue weighted by atomic mass is 16.6. The number of nitrogens with one attached hydrogen (secondary N) is 1. The van der Waals surface area contributed by atoms with Crippen LogP contribution in [0, 0.1) is 6.92 Å². The number of nitrogens with zero attached hydrogens (tertiary/aromatic N) is 4. The van der Waals surface area contributed by atoms with E-state index in [1.807, 2.05) is 57.2 Å². The highest BCUT2D eigenvalue weighted by Gasteiger charge is 2.26. The van der Waals surface area contributed by atoms with Crippen molar-refractivity contribution in [2.75, 3.05) is 36.4 Å². The van der Waals surface area contributed by atoms with Gasteiger partial charge in [-0.05, 0) is 52.0 Å². The molecule has 0 aliphatic carbocycles. The van der Waals surface area contributed by atoms with Crippen LogP contribution in [-0.4, -0.2) is 58.6 Å². The molecule has 0 spiro atoms. The summed E-state index contributed by atoms with van der Waals surface area (Å²) in [6, 6.07) is 13.1. The number of carbonyl (C=O) groups excluding carboxylic acids is 2. The molecule has 1 aromatic carbocycles. The average molecular weight is 464 g/mol. The lowest BCUT2D eigenvalue weighted by Crippen LogP contribution is -2.50. The summed E-state index contributed by atoms with van der Waals surface area (Å²) in [5, 5.41) is 2.78. The highest BCUT2D eigenvalue weighted by Crippen LogP contribution is 2.23. The second-order valence-corrected chi connectivity index (χ2v) is 9.10. The van der Waals surface area contributed by atoms with E-state index in [0.29, 0.717) is 43.6 Å². The summed E-state index contributed by atoms with van der Waals surface area (Å²) in [6.45, 7) is 9.78. The minimum Gasteiger partial charge on any atom is -0.444 e. The number of amides is 2. The summed E-state index contributed by atoms with van der Waals surface area (Å²) < 4.78 is 11.1. The number of piperazine rings is 1. The van der Waals surface area contributed by atoms with Gasteiger partial charge in [0.15, 0.2) is 5.69 Å². The summed E-state index contributed by atoms with van der Waals surface area (Å²) in [7, 11) is 0. The lowest BCUT2D eigenvalue weighted by atomic mass is 10.2. The smallest absolute Gasteiger partial charge is 0.410 e. The number of benzene rings is 1. The van der Waals surface area contributed by atoms with E-state index < -0.39 is 5.60 Å². The number of pyridine rings is 1. The van der Waals surface area contributed by atoms with Crippen LogP contribution in [-0.2, 0) is 4.74 Å². The maximum Gasteiger partial charge on any atom is 0.410 e. The van der Waals surface area contributed by atoms with E-state index >= 15 is 0 Å². The van der Waals surface area contributed by atoms with Gasteiger partial charge in [0.1, 0.15) is 17.2 Å². The number of rotatable bonds is 4. The Morgan fingerprint density at radius 3 is 2.35 bits per heavy atom. The summed E-state index contributed by atoms with van der Waals surface area (Å²) in [5.74, 6) is 0.882. The molecular weight excluding hydrogens is 434 g/mol. The molecule has 0 saturated carbocycles. The molecule has 2 aromatic heterocycles. The molecule has 1 saturated heterocycles. The van der Waals surface area contributed by atoms with Gasteiger partial charge in [-0.1, -0.05) is 18.2 Å². The molecule has 2 amide bonds. The molecule has 0 bridgehead atoms. The van der Waals surface area contributed by atoms with Crippen LogP contribution in [0.5, 0.6) is 0 Å². The van der Waals surface area contributed by atoms with Gasteiger partial charge in [-0.25, -0.2) is 14.8 Å². The van der Waals surface area contributed by atoms with Crippen LogP contribution in [0.1, 0.15) is 37.0 Å². The van der Waals surface area contributed by atoms with Gasteiger partial charge in [-0.3, -0.25) is 4.79 Å². The fraction of sp³-hybridized carbons (Fsp3) is 0.360. The van der Waals surface area contributed by atoms with Crippen molar-refractivity contribution in [3.8, 4) is 11.5 Å². The fourth-order valence-corrected chi connectivity index (χ4v) is 3.61. The average Bonchev–Trinajstić information content (AvgIpc) is 3.21. The summed E-state index contributed by atoms with van der Waals surface area (Å²) >= 11 is 0. The summed E-state index contributed by atoms with van der Waals surface area (Å²) in [6.07, 6.45) is 1.42. The van der Waals surface area contributed by atoms with Crippen molar-refractivity contribution in [1.82, 2.24) is 14.9 Å². The van der Waals surface area contributed by atoms with Gasteiger partial charge >= 0.3 is 6.09 Å². The molecule has 0 unspecified atom stereocenters. The van der Waals surface area contributed by atoms with E-state index in [1.165, 1.54) is 0 Å². The second kappa shape index (κ2) is 9.54. The van der Waals surface area contributed by atoms with E-state index in [0.717, 1.165) is 11.3 Å². The molecule has 34 heavy (non-hydrogen) atoms. The van der Waals surface area contributed by atoms with Crippen molar-refractivity contribution >= 4 is 23.5 Å². The Balaban J connectivity index is 1.34. The van der Waals surface area contributed by atoms with Crippen LogP contribution in [0.15, 0.2) is 53.1 Å². The van der Waals surface area contributed by atoms with Crippen LogP contribution in [0.3, 0.4) is 0 Å².